The van der Waals surface area contributed by atoms with Crippen LogP contribution in [0.3, 0.4) is 0 Å². The quantitative estimate of drug-likeness (QED) is 0.539. The van der Waals surface area contributed by atoms with Gasteiger partial charge in [-0.3, -0.25) is 4.31 Å². The van der Waals surface area contributed by atoms with Crippen LogP contribution < -0.4 is 14.8 Å². The summed E-state index contributed by atoms with van der Waals surface area (Å²) < 4.78 is 56.0. The molecule has 0 aromatic heterocycles. The Morgan fingerprint density at radius 2 is 1.78 bits per heavy atom. The Morgan fingerprint density at radius 3 is 2.53 bits per heavy atom. The molecule has 0 spiro atoms. The maximum atomic E-state index is 14.6. The van der Waals surface area contributed by atoms with Gasteiger partial charge < -0.3 is 15.2 Å². The third-order valence-electron chi connectivity index (χ3n) is 6.16. The second-order valence-corrected chi connectivity index (χ2v) is 10.0. The zero-order valence-corrected chi connectivity index (χ0v) is 20.1. The monoisotopic (exact) mass is 503 g/mol. The second-order valence-electron chi connectivity index (χ2n) is 8.21. The molecule has 7 nitrogen and oxygen atoms in total. The largest absolute Gasteiger partial charge is 0.494 e. The van der Waals surface area contributed by atoms with Crippen molar-refractivity contribution in [3.63, 3.8) is 0 Å². The summed E-state index contributed by atoms with van der Waals surface area (Å²) in [6.07, 6.45) is 0. The number of hydrogen-bond acceptors (Lipinski definition) is 6. The predicted octanol–water partition coefficient (Wildman–Crippen LogP) is 4.75. The van der Waals surface area contributed by atoms with Crippen LogP contribution in [-0.4, -0.2) is 15.0 Å². The van der Waals surface area contributed by atoms with Crippen molar-refractivity contribution >= 4 is 21.5 Å². The number of anilines is 1. The lowest BCUT2D eigenvalue weighted by Crippen LogP contribution is -2.39. The summed E-state index contributed by atoms with van der Waals surface area (Å²) in [5, 5.41) is 10.0. The highest BCUT2D eigenvalue weighted by atomic mass is 32.2. The zero-order valence-electron chi connectivity index (χ0n) is 19.3. The highest BCUT2D eigenvalue weighted by Crippen LogP contribution is 2.52. The van der Waals surface area contributed by atoms with Gasteiger partial charge in [-0.25, -0.2) is 12.8 Å². The van der Waals surface area contributed by atoms with E-state index in [-0.39, 0.29) is 34.2 Å². The Bertz CT molecular complexity index is 1570. The molecular formula is C27H22FN3O4S. The summed E-state index contributed by atoms with van der Waals surface area (Å²) >= 11 is 0. The third-order valence-corrected chi connectivity index (χ3v) is 8.04. The molecule has 2 N–H and O–H groups in total. The van der Waals surface area contributed by atoms with Gasteiger partial charge in [-0.1, -0.05) is 48.5 Å². The van der Waals surface area contributed by atoms with E-state index in [4.69, 9.17) is 15.2 Å². The minimum Gasteiger partial charge on any atom is -0.494 e. The molecular weight excluding hydrogens is 481 g/mol. The fraction of sp³-hybridized carbons (Fsp3) is 0.148. The molecule has 0 amide bonds. The van der Waals surface area contributed by atoms with Crippen LogP contribution in [0.1, 0.15) is 29.5 Å². The van der Waals surface area contributed by atoms with Gasteiger partial charge in [-0.2, -0.15) is 5.26 Å². The number of rotatable bonds is 5. The van der Waals surface area contributed by atoms with Crippen molar-refractivity contribution in [2.45, 2.75) is 19.4 Å². The number of allylic oxidation sites excluding steroid dienone is 2. The molecule has 1 unspecified atom stereocenters. The van der Waals surface area contributed by atoms with Gasteiger partial charge >= 0.3 is 0 Å². The van der Waals surface area contributed by atoms with Crippen LogP contribution in [-0.2, 0) is 21.3 Å². The van der Waals surface area contributed by atoms with Gasteiger partial charge in [0.2, 0.25) is 5.88 Å². The fourth-order valence-electron chi connectivity index (χ4n) is 4.58. The van der Waals surface area contributed by atoms with E-state index in [9.17, 15) is 18.1 Å². The smallest absolute Gasteiger partial charge is 0.265 e. The van der Waals surface area contributed by atoms with Crippen molar-refractivity contribution in [3.8, 4) is 11.8 Å². The minimum atomic E-state index is -4.32. The molecule has 36 heavy (non-hydrogen) atoms. The molecule has 182 valence electrons. The summed E-state index contributed by atoms with van der Waals surface area (Å²) in [5.74, 6) is -1.31. The first kappa shape index (κ1) is 23.5. The van der Waals surface area contributed by atoms with Gasteiger partial charge in [0.15, 0.2) is 5.76 Å². The molecule has 0 radical (unpaired) electrons. The van der Waals surface area contributed by atoms with E-state index in [0.29, 0.717) is 29.2 Å². The summed E-state index contributed by atoms with van der Waals surface area (Å²) in [6, 6.07) is 21.7. The van der Waals surface area contributed by atoms with Crippen LogP contribution in [0.4, 0.5) is 10.1 Å². The normalized spacial score (nSPS) is 18.1. The van der Waals surface area contributed by atoms with Gasteiger partial charge in [0, 0.05) is 16.7 Å². The number of hydrogen-bond donors (Lipinski definition) is 1. The molecule has 2 aliphatic heterocycles. The molecule has 0 aliphatic carbocycles. The van der Waals surface area contributed by atoms with Crippen LogP contribution in [0.2, 0.25) is 0 Å². The van der Waals surface area contributed by atoms with Crippen molar-refractivity contribution in [3.05, 3.63) is 112 Å². The minimum absolute atomic E-state index is 0.0446. The maximum absolute atomic E-state index is 14.6. The van der Waals surface area contributed by atoms with E-state index in [1.54, 1.807) is 60.7 Å². The molecule has 3 aromatic carbocycles. The predicted molar refractivity (Wildman–Crippen MR) is 133 cm³/mol. The van der Waals surface area contributed by atoms with Crippen molar-refractivity contribution in [2.24, 2.45) is 5.73 Å². The van der Waals surface area contributed by atoms with E-state index in [2.05, 4.69) is 0 Å². The van der Waals surface area contributed by atoms with Crippen molar-refractivity contribution in [1.29, 1.82) is 5.26 Å². The first-order chi connectivity index (χ1) is 17.4. The second kappa shape index (κ2) is 9.06. The van der Waals surface area contributed by atoms with Crippen LogP contribution in [0.25, 0.3) is 5.76 Å². The molecule has 3 aromatic rings. The Balaban J connectivity index is 1.78. The highest BCUT2D eigenvalue weighted by Gasteiger charge is 2.48. The Hall–Kier alpha value is -4.29. The molecule has 2 aliphatic rings. The Labute approximate surface area is 208 Å². The van der Waals surface area contributed by atoms with E-state index >= 15 is 0 Å². The average molecular weight is 504 g/mol. The SMILES string of the molecule is CCOc1ccccc1C1C(C#N)=C(N)OC2=C1S(=O)(=O)N(Cc1ccccc1F)c1ccccc12. The lowest BCUT2D eigenvalue weighted by Gasteiger charge is -2.38. The summed E-state index contributed by atoms with van der Waals surface area (Å²) in [6.45, 7) is 1.90. The molecule has 9 heteroatoms. The van der Waals surface area contributed by atoms with Gasteiger partial charge in [0.25, 0.3) is 10.0 Å². The van der Waals surface area contributed by atoms with Crippen LogP contribution in [0.15, 0.2) is 89.2 Å². The number of nitrogens with two attached hydrogens (primary N) is 1. The summed E-state index contributed by atoms with van der Waals surface area (Å²) in [7, 11) is -4.32. The molecule has 0 bridgehead atoms. The van der Waals surface area contributed by atoms with E-state index in [0.717, 1.165) is 4.31 Å². The number of benzene rings is 3. The Morgan fingerprint density at radius 1 is 1.08 bits per heavy atom. The molecule has 0 saturated heterocycles. The number of ether oxygens (including phenoxy) is 2. The number of nitrogens with zero attached hydrogens (tertiary/aromatic N) is 2. The van der Waals surface area contributed by atoms with Crippen LogP contribution in [0.5, 0.6) is 5.75 Å². The molecule has 0 fully saturated rings. The van der Waals surface area contributed by atoms with E-state index < -0.39 is 21.8 Å². The van der Waals surface area contributed by atoms with Crippen molar-refractivity contribution in [1.82, 2.24) is 0 Å². The zero-order chi connectivity index (χ0) is 25.4. The number of halogens is 1. The van der Waals surface area contributed by atoms with Gasteiger partial charge in [0.05, 0.1) is 24.8 Å². The lowest BCUT2D eigenvalue weighted by molar-refractivity contribution is 0.333. The first-order valence-corrected chi connectivity index (χ1v) is 12.7. The van der Waals surface area contributed by atoms with Gasteiger partial charge in [-0.15, -0.1) is 0 Å². The van der Waals surface area contributed by atoms with E-state index in [1.165, 1.54) is 12.1 Å². The number of para-hydroxylation sites is 2. The molecule has 1 atom stereocenters. The highest BCUT2D eigenvalue weighted by molar-refractivity contribution is 7.96. The first-order valence-electron chi connectivity index (χ1n) is 11.3. The Kier molecular flexibility index (Phi) is 5.90. The number of sulfonamides is 1. The van der Waals surface area contributed by atoms with Gasteiger partial charge in [0.1, 0.15) is 28.1 Å². The molecule has 0 saturated carbocycles. The van der Waals surface area contributed by atoms with Gasteiger partial charge in [-0.05, 0) is 31.2 Å². The fourth-order valence-corrected chi connectivity index (χ4v) is 6.47. The maximum Gasteiger partial charge on any atom is 0.265 e. The van der Waals surface area contributed by atoms with Crippen LogP contribution >= 0.6 is 0 Å². The van der Waals surface area contributed by atoms with Crippen molar-refractivity contribution in [2.75, 3.05) is 10.9 Å². The number of nitriles is 1. The summed E-state index contributed by atoms with van der Waals surface area (Å²) in [5.41, 5.74) is 7.59. The van der Waals surface area contributed by atoms with E-state index in [1.807, 2.05) is 13.0 Å². The topological polar surface area (TPSA) is 106 Å². The number of fused-ring (bicyclic) bond motifs is 2. The standard InChI is InChI=1S/C27H22FN3O4S/c1-2-34-23-14-8-5-11-19(23)24-20(15-29)27(30)35-25-18-10-4-7-13-22(18)31(36(32,33)26(24)25)16-17-9-3-6-12-21(17)28/h3-14,24H,2,16,30H2,1H3. The third kappa shape index (κ3) is 3.67. The van der Waals surface area contributed by atoms with Crippen molar-refractivity contribution < 1.29 is 22.3 Å². The average Bonchev–Trinajstić information content (AvgIpc) is 2.87. The summed E-state index contributed by atoms with van der Waals surface area (Å²) in [4.78, 5) is -0.143. The molecule has 5 rings (SSSR count). The lowest BCUT2D eigenvalue weighted by atomic mass is 9.87. The van der Waals surface area contributed by atoms with Crippen LogP contribution in [0, 0.1) is 17.1 Å². The molecule has 2 heterocycles.